The number of nitrogens with one attached hydrogen (secondary N) is 2. The van der Waals surface area contributed by atoms with Crippen molar-refractivity contribution in [1.29, 1.82) is 0 Å². The van der Waals surface area contributed by atoms with Gasteiger partial charge in [0.05, 0.1) is 18.4 Å². The zero-order chi connectivity index (χ0) is 14.7. The molecule has 0 spiro atoms. The molecule has 2 heterocycles. The maximum absolute atomic E-state index is 6.10. The van der Waals surface area contributed by atoms with E-state index in [0.29, 0.717) is 17.3 Å². The average molecular weight is 304 g/mol. The number of hydrogen-bond acceptors (Lipinski definition) is 4. The predicted octanol–water partition coefficient (Wildman–Crippen LogP) is 3.94. The number of aromatic amines is 1. The van der Waals surface area contributed by atoms with Gasteiger partial charge in [-0.2, -0.15) is 5.10 Å². The Morgan fingerprint density at radius 3 is 2.95 bits per heavy atom. The van der Waals surface area contributed by atoms with Gasteiger partial charge in [0, 0.05) is 12.6 Å². The van der Waals surface area contributed by atoms with Gasteiger partial charge in [-0.3, -0.25) is 5.10 Å². The maximum atomic E-state index is 6.10. The summed E-state index contributed by atoms with van der Waals surface area (Å²) < 4.78 is 10.4. The summed E-state index contributed by atoms with van der Waals surface area (Å²) in [6, 6.07) is 11.3. The van der Waals surface area contributed by atoms with Crippen LogP contribution < -0.4 is 10.1 Å². The Morgan fingerprint density at radius 1 is 1.33 bits per heavy atom. The first-order valence-corrected chi connectivity index (χ1v) is 6.79. The molecule has 108 valence electrons. The number of rotatable bonds is 5. The van der Waals surface area contributed by atoms with Crippen molar-refractivity contribution < 1.29 is 9.15 Å². The van der Waals surface area contributed by atoms with E-state index in [1.807, 2.05) is 36.4 Å². The highest BCUT2D eigenvalue weighted by atomic mass is 35.5. The van der Waals surface area contributed by atoms with Gasteiger partial charge < -0.3 is 14.5 Å². The fourth-order valence-electron chi connectivity index (χ4n) is 1.98. The molecule has 0 aliphatic heterocycles. The van der Waals surface area contributed by atoms with E-state index >= 15 is 0 Å². The molecule has 0 fully saturated rings. The topological polar surface area (TPSA) is 63.1 Å². The van der Waals surface area contributed by atoms with Crippen molar-refractivity contribution in [3.8, 4) is 17.2 Å². The third-order valence-electron chi connectivity index (χ3n) is 3.05. The Morgan fingerprint density at radius 2 is 2.24 bits per heavy atom. The van der Waals surface area contributed by atoms with Crippen LogP contribution in [0.1, 0.15) is 5.56 Å². The fraction of sp³-hybridized carbons (Fsp3) is 0.133. The number of benzene rings is 1. The van der Waals surface area contributed by atoms with Crippen LogP contribution in [0.5, 0.6) is 5.75 Å². The summed E-state index contributed by atoms with van der Waals surface area (Å²) in [6.07, 6.45) is 1.63. The minimum absolute atomic E-state index is 0.593. The Balaban J connectivity index is 1.66. The molecule has 0 amide bonds. The van der Waals surface area contributed by atoms with E-state index in [4.69, 9.17) is 20.8 Å². The average Bonchev–Trinajstić information content (AvgIpc) is 3.16. The molecule has 0 saturated heterocycles. The number of aromatic nitrogens is 2. The van der Waals surface area contributed by atoms with Gasteiger partial charge in [0.2, 0.25) is 0 Å². The van der Waals surface area contributed by atoms with Crippen LogP contribution in [0.4, 0.5) is 5.82 Å². The highest BCUT2D eigenvalue weighted by Crippen LogP contribution is 2.25. The molecule has 2 N–H and O–H groups in total. The quantitative estimate of drug-likeness (QED) is 0.749. The van der Waals surface area contributed by atoms with Crippen molar-refractivity contribution in [2.75, 3.05) is 12.4 Å². The zero-order valence-corrected chi connectivity index (χ0v) is 12.1. The molecular weight excluding hydrogens is 290 g/mol. The molecular formula is C15H14ClN3O2. The Kier molecular flexibility index (Phi) is 3.83. The summed E-state index contributed by atoms with van der Waals surface area (Å²) in [6.45, 7) is 0.617. The predicted molar refractivity (Wildman–Crippen MR) is 81.6 cm³/mol. The largest absolute Gasteiger partial charge is 0.495 e. The molecule has 0 radical (unpaired) electrons. The molecule has 2 aromatic heterocycles. The zero-order valence-electron chi connectivity index (χ0n) is 11.4. The SMILES string of the molecule is COc1ccc(CNc2cc(-c3ccco3)[nH]n2)cc1Cl. The van der Waals surface area contributed by atoms with E-state index in [0.717, 1.165) is 22.8 Å². The van der Waals surface area contributed by atoms with Gasteiger partial charge in [-0.05, 0) is 29.8 Å². The second-order valence-electron chi connectivity index (χ2n) is 4.47. The van der Waals surface area contributed by atoms with E-state index in [1.54, 1.807) is 13.4 Å². The summed E-state index contributed by atoms with van der Waals surface area (Å²) in [7, 11) is 1.60. The molecule has 0 aliphatic rings. The van der Waals surface area contributed by atoms with Gasteiger partial charge in [-0.15, -0.1) is 0 Å². The van der Waals surface area contributed by atoms with Crippen LogP contribution in [0.3, 0.4) is 0 Å². The Hall–Kier alpha value is -2.40. The second-order valence-corrected chi connectivity index (χ2v) is 4.87. The standard InChI is InChI=1S/C15H14ClN3O2/c1-20-13-5-4-10(7-11(13)16)9-17-15-8-12(18-19-15)14-3-2-6-21-14/h2-8H,9H2,1H3,(H2,17,18,19). The van der Waals surface area contributed by atoms with Crippen LogP contribution in [0, 0.1) is 0 Å². The number of methoxy groups -OCH3 is 1. The number of halogens is 1. The first-order valence-electron chi connectivity index (χ1n) is 6.42. The smallest absolute Gasteiger partial charge is 0.151 e. The summed E-state index contributed by atoms with van der Waals surface area (Å²) >= 11 is 6.10. The first kappa shape index (κ1) is 13.6. The summed E-state index contributed by atoms with van der Waals surface area (Å²) in [5.74, 6) is 2.16. The molecule has 3 aromatic rings. The van der Waals surface area contributed by atoms with Gasteiger partial charge in [0.15, 0.2) is 5.76 Å². The van der Waals surface area contributed by atoms with E-state index in [-0.39, 0.29) is 0 Å². The number of furan rings is 1. The lowest BCUT2D eigenvalue weighted by Crippen LogP contribution is -1.99. The van der Waals surface area contributed by atoms with Gasteiger partial charge >= 0.3 is 0 Å². The van der Waals surface area contributed by atoms with Gasteiger partial charge in [0.25, 0.3) is 0 Å². The molecule has 21 heavy (non-hydrogen) atoms. The van der Waals surface area contributed by atoms with Crippen molar-refractivity contribution in [3.05, 3.63) is 53.2 Å². The molecule has 0 saturated carbocycles. The van der Waals surface area contributed by atoms with E-state index in [1.165, 1.54) is 0 Å². The monoisotopic (exact) mass is 303 g/mol. The molecule has 6 heteroatoms. The van der Waals surface area contributed by atoms with E-state index in [2.05, 4.69) is 15.5 Å². The van der Waals surface area contributed by atoms with Crippen molar-refractivity contribution in [1.82, 2.24) is 10.2 Å². The lowest BCUT2D eigenvalue weighted by atomic mass is 10.2. The maximum Gasteiger partial charge on any atom is 0.151 e. The van der Waals surface area contributed by atoms with Crippen LogP contribution >= 0.6 is 11.6 Å². The third-order valence-corrected chi connectivity index (χ3v) is 3.35. The highest BCUT2D eigenvalue weighted by molar-refractivity contribution is 6.32. The van der Waals surface area contributed by atoms with Gasteiger partial charge in [-0.1, -0.05) is 17.7 Å². The first-order chi connectivity index (χ1) is 10.3. The highest BCUT2D eigenvalue weighted by Gasteiger charge is 2.06. The molecule has 1 aromatic carbocycles. The molecule has 0 aliphatic carbocycles. The molecule has 0 atom stereocenters. The van der Waals surface area contributed by atoms with Crippen molar-refractivity contribution >= 4 is 17.4 Å². The van der Waals surface area contributed by atoms with Crippen LogP contribution in [-0.4, -0.2) is 17.3 Å². The minimum atomic E-state index is 0.593. The van der Waals surface area contributed by atoms with Crippen LogP contribution in [0.15, 0.2) is 47.1 Å². The number of hydrogen-bond donors (Lipinski definition) is 2. The van der Waals surface area contributed by atoms with E-state index in [9.17, 15) is 0 Å². The van der Waals surface area contributed by atoms with Crippen LogP contribution in [0.25, 0.3) is 11.5 Å². The van der Waals surface area contributed by atoms with Crippen molar-refractivity contribution in [2.24, 2.45) is 0 Å². The number of anilines is 1. The number of H-pyrrole nitrogens is 1. The number of nitrogens with zero attached hydrogens (tertiary/aromatic N) is 1. The van der Waals surface area contributed by atoms with Crippen molar-refractivity contribution in [3.63, 3.8) is 0 Å². The number of ether oxygens (including phenoxy) is 1. The summed E-state index contributed by atoms with van der Waals surface area (Å²) in [5, 5.41) is 10.9. The molecule has 5 nitrogen and oxygen atoms in total. The fourth-order valence-corrected chi connectivity index (χ4v) is 2.26. The normalized spacial score (nSPS) is 10.6. The van der Waals surface area contributed by atoms with Gasteiger partial charge in [0.1, 0.15) is 17.3 Å². The molecule has 0 bridgehead atoms. The molecule has 3 rings (SSSR count). The van der Waals surface area contributed by atoms with E-state index < -0.39 is 0 Å². The summed E-state index contributed by atoms with van der Waals surface area (Å²) in [5.41, 5.74) is 1.87. The Bertz CT molecular complexity index is 722. The molecule has 0 unspecified atom stereocenters. The van der Waals surface area contributed by atoms with Crippen LogP contribution in [-0.2, 0) is 6.54 Å². The minimum Gasteiger partial charge on any atom is -0.495 e. The third kappa shape index (κ3) is 3.03. The Labute approximate surface area is 126 Å². The lowest BCUT2D eigenvalue weighted by molar-refractivity contribution is 0.415. The summed E-state index contributed by atoms with van der Waals surface area (Å²) in [4.78, 5) is 0. The van der Waals surface area contributed by atoms with Crippen molar-refractivity contribution in [2.45, 2.75) is 6.54 Å². The van der Waals surface area contributed by atoms with Crippen LogP contribution in [0.2, 0.25) is 5.02 Å². The second kappa shape index (κ2) is 5.93. The lowest BCUT2D eigenvalue weighted by Gasteiger charge is -2.06. The van der Waals surface area contributed by atoms with Gasteiger partial charge in [-0.25, -0.2) is 0 Å².